The molecule has 4 aromatic rings. The van der Waals surface area contributed by atoms with Crippen LogP contribution >= 0.6 is 11.6 Å². The third-order valence-electron chi connectivity index (χ3n) is 4.17. The van der Waals surface area contributed by atoms with Gasteiger partial charge in [0.2, 0.25) is 5.82 Å². The van der Waals surface area contributed by atoms with E-state index in [9.17, 15) is 5.26 Å². The summed E-state index contributed by atoms with van der Waals surface area (Å²) >= 11 is 6.20. The van der Waals surface area contributed by atoms with E-state index in [1.54, 1.807) is 19.2 Å². The van der Waals surface area contributed by atoms with Gasteiger partial charge in [-0.15, -0.1) is 20.4 Å². The zero-order valence-electron chi connectivity index (χ0n) is 15.4. The number of nitrogens with one attached hydrogen (secondary N) is 2. The number of hydrogen-bond donors (Lipinski definition) is 2. The molecule has 0 radical (unpaired) electrons. The van der Waals surface area contributed by atoms with Crippen LogP contribution in [0.1, 0.15) is 11.4 Å². The van der Waals surface area contributed by atoms with Crippen LogP contribution in [0.2, 0.25) is 5.02 Å². The number of nitriles is 1. The molecule has 2 aromatic carbocycles. The first kappa shape index (κ1) is 18.4. The molecule has 0 saturated heterocycles. The standard InChI is InChI=1S/C18H14ClN9O/c1-10-5-15-16(7-14(10)21-9-11(8-20)18-22-26-27-23-18)25-28(24-15)12-3-4-17(29-2)13(19)6-12/h3-7,9,21H,1-2H3,(H,22,23,26,27). The highest BCUT2D eigenvalue weighted by Crippen LogP contribution is 2.27. The Morgan fingerprint density at radius 2 is 2.07 bits per heavy atom. The van der Waals surface area contributed by atoms with Crippen molar-refractivity contribution in [2.75, 3.05) is 12.4 Å². The monoisotopic (exact) mass is 407 g/mol. The van der Waals surface area contributed by atoms with Crippen molar-refractivity contribution < 1.29 is 4.74 Å². The second-order valence-electron chi connectivity index (χ2n) is 6.01. The zero-order chi connectivity index (χ0) is 20.4. The fraction of sp³-hybridized carbons (Fsp3) is 0.111. The number of rotatable bonds is 5. The van der Waals surface area contributed by atoms with Crippen molar-refractivity contribution in [3.8, 4) is 17.5 Å². The summed E-state index contributed by atoms with van der Waals surface area (Å²) in [5.41, 5.74) is 4.06. The lowest BCUT2D eigenvalue weighted by atomic mass is 10.1. The highest BCUT2D eigenvalue weighted by molar-refractivity contribution is 6.32. The Bertz CT molecular complexity index is 1250. The Balaban J connectivity index is 1.67. The molecule has 0 unspecified atom stereocenters. The molecule has 0 aliphatic heterocycles. The van der Waals surface area contributed by atoms with Crippen molar-refractivity contribution in [3.63, 3.8) is 0 Å². The van der Waals surface area contributed by atoms with Crippen LogP contribution in [0, 0.1) is 18.3 Å². The Morgan fingerprint density at radius 1 is 1.28 bits per heavy atom. The lowest BCUT2D eigenvalue weighted by Gasteiger charge is -2.05. The van der Waals surface area contributed by atoms with Crippen LogP contribution in [0.4, 0.5) is 5.69 Å². The van der Waals surface area contributed by atoms with Crippen molar-refractivity contribution in [3.05, 3.63) is 52.9 Å². The number of H-pyrrole nitrogens is 1. The molecule has 0 fully saturated rings. The molecule has 0 amide bonds. The van der Waals surface area contributed by atoms with Gasteiger partial charge >= 0.3 is 0 Å². The molecule has 0 spiro atoms. The normalized spacial score (nSPS) is 11.4. The predicted octanol–water partition coefficient (Wildman–Crippen LogP) is 2.88. The van der Waals surface area contributed by atoms with E-state index in [1.165, 1.54) is 11.0 Å². The van der Waals surface area contributed by atoms with E-state index in [0.717, 1.165) is 16.8 Å². The van der Waals surface area contributed by atoms with Crippen LogP contribution in [0.5, 0.6) is 5.75 Å². The first-order chi connectivity index (χ1) is 14.1. The molecule has 10 nitrogen and oxygen atoms in total. The SMILES string of the molecule is COc1ccc(-n2nc3cc(C)c(NC=C(C#N)c4nn[nH]n4)cc3n2)cc1Cl. The van der Waals surface area contributed by atoms with Gasteiger partial charge in [0.25, 0.3) is 0 Å². The van der Waals surface area contributed by atoms with E-state index in [0.29, 0.717) is 22.0 Å². The summed E-state index contributed by atoms with van der Waals surface area (Å²) in [4.78, 5) is 1.51. The van der Waals surface area contributed by atoms with Gasteiger partial charge in [0.1, 0.15) is 28.4 Å². The van der Waals surface area contributed by atoms with E-state index in [-0.39, 0.29) is 11.4 Å². The molecule has 4 rings (SSSR count). The summed E-state index contributed by atoms with van der Waals surface area (Å²) in [5, 5.41) is 35.3. The molecule has 11 heteroatoms. The van der Waals surface area contributed by atoms with Crippen LogP contribution in [0.15, 0.2) is 36.5 Å². The number of halogens is 1. The molecule has 0 aliphatic carbocycles. The second kappa shape index (κ2) is 7.57. The van der Waals surface area contributed by atoms with Crippen LogP contribution in [-0.2, 0) is 0 Å². The van der Waals surface area contributed by atoms with Crippen LogP contribution in [0.3, 0.4) is 0 Å². The molecule has 2 aromatic heterocycles. The highest BCUT2D eigenvalue weighted by Gasteiger charge is 2.11. The summed E-state index contributed by atoms with van der Waals surface area (Å²) in [6.45, 7) is 1.93. The topological polar surface area (TPSA) is 130 Å². The maximum Gasteiger partial charge on any atom is 0.216 e. The summed E-state index contributed by atoms with van der Waals surface area (Å²) in [7, 11) is 1.56. The predicted molar refractivity (Wildman–Crippen MR) is 107 cm³/mol. The lowest BCUT2D eigenvalue weighted by molar-refractivity contribution is 0.415. The lowest BCUT2D eigenvalue weighted by Crippen LogP contribution is -1.98. The molecule has 0 bridgehead atoms. The highest BCUT2D eigenvalue weighted by atomic mass is 35.5. The van der Waals surface area contributed by atoms with Crippen molar-refractivity contribution in [1.82, 2.24) is 35.6 Å². The first-order valence-corrected chi connectivity index (χ1v) is 8.79. The number of hydrogen-bond acceptors (Lipinski definition) is 8. The number of anilines is 1. The molecule has 2 N–H and O–H groups in total. The summed E-state index contributed by atoms with van der Waals surface area (Å²) in [6, 6.07) is 11.1. The van der Waals surface area contributed by atoms with Crippen molar-refractivity contribution in [2.45, 2.75) is 6.92 Å². The Hall–Kier alpha value is -3.97. The smallest absolute Gasteiger partial charge is 0.216 e. The molecular formula is C18H14ClN9O. The minimum Gasteiger partial charge on any atom is -0.495 e. The molecule has 144 valence electrons. The second-order valence-corrected chi connectivity index (χ2v) is 6.42. The van der Waals surface area contributed by atoms with Crippen molar-refractivity contribution in [2.24, 2.45) is 0 Å². The van der Waals surface area contributed by atoms with Gasteiger partial charge in [0.15, 0.2) is 0 Å². The van der Waals surface area contributed by atoms with Crippen LogP contribution < -0.4 is 10.1 Å². The van der Waals surface area contributed by atoms with E-state index in [2.05, 4.69) is 36.1 Å². The van der Waals surface area contributed by atoms with E-state index < -0.39 is 0 Å². The molecule has 0 aliphatic rings. The third-order valence-corrected chi connectivity index (χ3v) is 4.47. The molecule has 0 saturated carbocycles. The van der Waals surface area contributed by atoms with Gasteiger partial charge in [-0.2, -0.15) is 15.3 Å². The molecule has 0 atom stereocenters. The van der Waals surface area contributed by atoms with Gasteiger partial charge in [-0.25, -0.2) is 0 Å². The molecule has 29 heavy (non-hydrogen) atoms. The quantitative estimate of drug-likeness (QED) is 0.483. The number of allylic oxidation sites excluding steroid dienone is 1. The van der Waals surface area contributed by atoms with Gasteiger partial charge < -0.3 is 10.1 Å². The summed E-state index contributed by atoms with van der Waals surface area (Å²) in [6.07, 6.45) is 1.52. The van der Waals surface area contributed by atoms with Crippen LogP contribution in [0.25, 0.3) is 22.3 Å². The van der Waals surface area contributed by atoms with Crippen molar-refractivity contribution in [1.29, 1.82) is 5.26 Å². The number of benzene rings is 2. The van der Waals surface area contributed by atoms with Crippen molar-refractivity contribution >= 4 is 33.9 Å². The minimum absolute atomic E-state index is 0.209. The van der Waals surface area contributed by atoms with Gasteiger partial charge in [0.05, 0.1) is 17.8 Å². The first-order valence-electron chi connectivity index (χ1n) is 8.41. The maximum absolute atomic E-state index is 9.28. The van der Waals surface area contributed by atoms with Gasteiger partial charge in [-0.05, 0) is 48.0 Å². The zero-order valence-corrected chi connectivity index (χ0v) is 16.1. The third kappa shape index (κ3) is 3.59. The number of ether oxygens (including phenoxy) is 1. The number of fused-ring (bicyclic) bond motifs is 1. The molecule has 2 heterocycles. The fourth-order valence-electron chi connectivity index (χ4n) is 2.69. The Morgan fingerprint density at radius 3 is 2.72 bits per heavy atom. The minimum atomic E-state index is 0.209. The number of nitrogens with zero attached hydrogens (tertiary/aromatic N) is 7. The number of methoxy groups -OCH3 is 1. The number of aromatic nitrogens is 7. The van der Waals surface area contributed by atoms with E-state index >= 15 is 0 Å². The summed E-state index contributed by atoms with van der Waals surface area (Å²) < 4.78 is 5.17. The van der Waals surface area contributed by atoms with E-state index in [1.807, 2.05) is 31.2 Å². The average Bonchev–Trinajstić information content (AvgIpc) is 3.38. The largest absolute Gasteiger partial charge is 0.495 e. The maximum atomic E-state index is 9.28. The fourth-order valence-corrected chi connectivity index (χ4v) is 2.94. The summed E-state index contributed by atoms with van der Waals surface area (Å²) in [5.74, 6) is 0.789. The van der Waals surface area contributed by atoms with Gasteiger partial charge in [-0.1, -0.05) is 11.6 Å². The van der Waals surface area contributed by atoms with E-state index in [4.69, 9.17) is 16.3 Å². The van der Waals surface area contributed by atoms with Crippen LogP contribution in [-0.4, -0.2) is 42.7 Å². The number of aryl methyl sites for hydroxylation is 1. The van der Waals surface area contributed by atoms with Gasteiger partial charge in [-0.3, -0.25) is 0 Å². The number of tetrazole rings is 1. The van der Waals surface area contributed by atoms with Gasteiger partial charge in [0, 0.05) is 11.9 Å². The average molecular weight is 408 g/mol. The Labute approximate surface area is 169 Å². The Kier molecular flexibility index (Phi) is 4.80. The number of aromatic amines is 1. The molecular weight excluding hydrogens is 394 g/mol.